The third-order valence-electron chi connectivity index (χ3n) is 4.22. The zero-order valence-corrected chi connectivity index (χ0v) is 14.8. The van der Waals surface area contributed by atoms with E-state index in [1.165, 1.54) is 11.3 Å². The Kier molecular flexibility index (Phi) is 5.53. The maximum atomic E-state index is 12.4. The number of carbonyl (C=O) groups excluding carboxylic acids is 2. The lowest BCUT2D eigenvalue weighted by Gasteiger charge is -2.31. The van der Waals surface area contributed by atoms with E-state index in [4.69, 9.17) is 11.6 Å². The molecule has 1 aliphatic rings. The zero-order chi connectivity index (χ0) is 16.9. The highest BCUT2D eigenvalue weighted by atomic mass is 35.5. The van der Waals surface area contributed by atoms with Gasteiger partial charge in [0, 0.05) is 24.7 Å². The third kappa shape index (κ3) is 3.97. The molecule has 1 aromatic heterocycles. The zero-order valence-electron chi connectivity index (χ0n) is 13.2. The summed E-state index contributed by atoms with van der Waals surface area (Å²) in [6, 6.07) is 11.2. The van der Waals surface area contributed by atoms with Crippen molar-refractivity contribution in [2.45, 2.75) is 19.4 Å². The molecule has 1 fully saturated rings. The van der Waals surface area contributed by atoms with Gasteiger partial charge in [0.05, 0.1) is 10.8 Å². The van der Waals surface area contributed by atoms with E-state index < -0.39 is 0 Å². The first-order valence-electron chi connectivity index (χ1n) is 7.99. The fourth-order valence-corrected chi connectivity index (χ4v) is 3.79. The van der Waals surface area contributed by atoms with Gasteiger partial charge in [0.15, 0.2) is 0 Å². The number of hydrogen-bond donors (Lipinski definition) is 1. The quantitative estimate of drug-likeness (QED) is 0.903. The molecule has 0 bridgehead atoms. The van der Waals surface area contributed by atoms with Crippen LogP contribution in [0.2, 0.25) is 5.02 Å². The number of hydrogen-bond acceptors (Lipinski definition) is 3. The molecule has 0 unspecified atom stereocenters. The van der Waals surface area contributed by atoms with Crippen LogP contribution >= 0.6 is 22.9 Å². The second-order valence-corrected chi connectivity index (χ2v) is 7.23. The van der Waals surface area contributed by atoms with E-state index >= 15 is 0 Å². The van der Waals surface area contributed by atoms with Gasteiger partial charge >= 0.3 is 0 Å². The summed E-state index contributed by atoms with van der Waals surface area (Å²) in [6.45, 7) is 1.60. The molecule has 0 aliphatic carbocycles. The standard InChI is InChI=1S/C18H19ClN2O2S/c19-15-7-2-1-5-13(15)11-20-17(22)14-6-3-9-21(12-14)18(23)16-8-4-10-24-16/h1-2,4-5,7-8,10,14H,3,6,9,11-12H2,(H,20,22)/t14-/m1/s1. The van der Waals surface area contributed by atoms with E-state index in [0.29, 0.717) is 24.7 Å². The smallest absolute Gasteiger partial charge is 0.263 e. The Bertz CT molecular complexity index is 718. The van der Waals surface area contributed by atoms with Gasteiger partial charge in [0.25, 0.3) is 5.91 Å². The maximum absolute atomic E-state index is 12.4. The first-order chi connectivity index (χ1) is 11.6. The summed E-state index contributed by atoms with van der Waals surface area (Å²) in [7, 11) is 0. The van der Waals surface area contributed by atoms with Crippen molar-refractivity contribution in [1.29, 1.82) is 0 Å². The molecule has 1 aliphatic heterocycles. The first-order valence-corrected chi connectivity index (χ1v) is 9.25. The molecule has 1 N–H and O–H groups in total. The Labute approximate surface area is 150 Å². The molecular formula is C18H19ClN2O2S. The van der Waals surface area contributed by atoms with Crippen molar-refractivity contribution in [3.63, 3.8) is 0 Å². The number of thiophene rings is 1. The van der Waals surface area contributed by atoms with Crippen molar-refractivity contribution >= 4 is 34.8 Å². The van der Waals surface area contributed by atoms with Gasteiger partial charge in [-0.05, 0) is 35.9 Å². The van der Waals surface area contributed by atoms with Crippen LogP contribution in [0.4, 0.5) is 0 Å². The normalized spacial score (nSPS) is 17.5. The van der Waals surface area contributed by atoms with Crippen molar-refractivity contribution in [1.82, 2.24) is 10.2 Å². The van der Waals surface area contributed by atoms with Gasteiger partial charge in [0.2, 0.25) is 5.91 Å². The molecule has 126 valence electrons. The van der Waals surface area contributed by atoms with Crippen LogP contribution in [0.1, 0.15) is 28.1 Å². The summed E-state index contributed by atoms with van der Waals surface area (Å²) in [5, 5.41) is 5.49. The minimum absolute atomic E-state index is 0.0152. The van der Waals surface area contributed by atoms with E-state index in [1.807, 2.05) is 41.8 Å². The summed E-state index contributed by atoms with van der Waals surface area (Å²) < 4.78 is 0. The minimum atomic E-state index is -0.162. The van der Waals surface area contributed by atoms with E-state index in [-0.39, 0.29) is 17.7 Å². The topological polar surface area (TPSA) is 49.4 Å². The summed E-state index contributed by atoms with van der Waals surface area (Å²) >= 11 is 7.55. The van der Waals surface area contributed by atoms with Gasteiger partial charge in [0.1, 0.15) is 0 Å². The van der Waals surface area contributed by atoms with Gasteiger partial charge in [-0.2, -0.15) is 0 Å². The molecule has 0 spiro atoms. The molecule has 2 heterocycles. The molecule has 24 heavy (non-hydrogen) atoms. The van der Waals surface area contributed by atoms with Gasteiger partial charge in [-0.1, -0.05) is 35.9 Å². The van der Waals surface area contributed by atoms with Crippen LogP contribution in [0.3, 0.4) is 0 Å². The van der Waals surface area contributed by atoms with Crippen molar-refractivity contribution in [2.75, 3.05) is 13.1 Å². The molecule has 4 nitrogen and oxygen atoms in total. The van der Waals surface area contributed by atoms with Gasteiger partial charge < -0.3 is 10.2 Å². The molecular weight excluding hydrogens is 344 g/mol. The van der Waals surface area contributed by atoms with Crippen molar-refractivity contribution in [3.8, 4) is 0 Å². The Morgan fingerprint density at radius 3 is 2.83 bits per heavy atom. The highest BCUT2D eigenvalue weighted by Gasteiger charge is 2.29. The number of nitrogens with zero attached hydrogens (tertiary/aromatic N) is 1. The van der Waals surface area contributed by atoms with Crippen LogP contribution in [-0.4, -0.2) is 29.8 Å². The second-order valence-electron chi connectivity index (χ2n) is 5.88. The highest BCUT2D eigenvalue weighted by molar-refractivity contribution is 7.12. The molecule has 1 atom stereocenters. The maximum Gasteiger partial charge on any atom is 0.263 e. The first kappa shape index (κ1) is 17.0. The van der Waals surface area contributed by atoms with Crippen LogP contribution < -0.4 is 5.32 Å². The van der Waals surface area contributed by atoms with Crippen molar-refractivity contribution < 1.29 is 9.59 Å². The van der Waals surface area contributed by atoms with Crippen LogP contribution in [0.15, 0.2) is 41.8 Å². The highest BCUT2D eigenvalue weighted by Crippen LogP contribution is 2.21. The summed E-state index contributed by atoms with van der Waals surface area (Å²) in [6.07, 6.45) is 1.66. The molecule has 6 heteroatoms. The molecule has 1 aromatic carbocycles. The van der Waals surface area contributed by atoms with Crippen LogP contribution in [0.25, 0.3) is 0 Å². The van der Waals surface area contributed by atoms with Crippen LogP contribution in [0, 0.1) is 5.92 Å². The largest absolute Gasteiger partial charge is 0.352 e. The third-order valence-corrected chi connectivity index (χ3v) is 5.45. The Balaban J connectivity index is 1.57. The number of rotatable bonds is 4. The molecule has 0 radical (unpaired) electrons. The molecule has 1 saturated heterocycles. The number of carbonyl (C=O) groups is 2. The van der Waals surface area contributed by atoms with Crippen molar-refractivity contribution in [3.05, 3.63) is 57.2 Å². The lowest BCUT2D eigenvalue weighted by Crippen LogP contribution is -2.45. The average molecular weight is 363 g/mol. The summed E-state index contributed by atoms with van der Waals surface area (Å²) in [4.78, 5) is 27.4. The lowest BCUT2D eigenvalue weighted by molar-refractivity contribution is -0.126. The van der Waals surface area contributed by atoms with Gasteiger partial charge in [-0.3, -0.25) is 9.59 Å². The molecule has 2 amide bonds. The monoisotopic (exact) mass is 362 g/mol. The predicted molar refractivity (Wildman–Crippen MR) is 96.2 cm³/mol. The Hall–Kier alpha value is -1.85. The number of amides is 2. The Morgan fingerprint density at radius 1 is 1.25 bits per heavy atom. The second kappa shape index (κ2) is 7.81. The van der Waals surface area contributed by atoms with E-state index in [1.54, 1.807) is 4.90 Å². The lowest BCUT2D eigenvalue weighted by atomic mass is 9.97. The molecule has 2 aromatic rings. The minimum Gasteiger partial charge on any atom is -0.352 e. The Morgan fingerprint density at radius 2 is 2.08 bits per heavy atom. The molecule has 0 saturated carbocycles. The van der Waals surface area contributed by atoms with Crippen molar-refractivity contribution in [2.24, 2.45) is 5.92 Å². The number of likely N-dealkylation sites (tertiary alicyclic amines) is 1. The fraction of sp³-hybridized carbons (Fsp3) is 0.333. The SMILES string of the molecule is O=C(NCc1ccccc1Cl)[C@@H]1CCCN(C(=O)c2cccs2)C1. The van der Waals surface area contributed by atoms with Crippen LogP contribution in [0.5, 0.6) is 0 Å². The number of nitrogens with one attached hydrogen (secondary N) is 1. The van der Waals surface area contributed by atoms with E-state index in [9.17, 15) is 9.59 Å². The van der Waals surface area contributed by atoms with Gasteiger partial charge in [-0.15, -0.1) is 11.3 Å². The van der Waals surface area contributed by atoms with E-state index in [0.717, 1.165) is 23.3 Å². The fourth-order valence-electron chi connectivity index (χ4n) is 2.90. The number of halogens is 1. The number of benzene rings is 1. The van der Waals surface area contributed by atoms with E-state index in [2.05, 4.69) is 5.32 Å². The molecule has 3 rings (SSSR count). The average Bonchev–Trinajstić information content (AvgIpc) is 3.15. The summed E-state index contributed by atoms with van der Waals surface area (Å²) in [5.74, 6) is -0.155. The van der Waals surface area contributed by atoms with Crippen LogP contribution in [-0.2, 0) is 11.3 Å². The number of piperidine rings is 1. The predicted octanol–water partition coefficient (Wildman–Crippen LogP) is 3.57. The van der Waals surface area contributed by atoms with Gasteiger partial charge in [-0.25, -0.2) is 0 Å². The summed E-state index contributed by atoms with van der Waals surface area (Å²) in [5.41, 5.74) is 0.898.